The average molecular weight is 399 g/mol. The number of sulfonamides is 1. The number of nitrogens with one attached hydrogen (secondary N) is 1. The smallest absolute Gasteiger partial charge is 0.243 e. The van der Waals surface area contributed by atoms with Crippen molar-refractivity contribution in [3.63, 3.8) is 0 Å². The maximum Gasteiger partial charge on any atom is 0.243 e. The number of nitrogens with zero attached hydrogens (tertiary/aromatic N) is 3. The van der Waals surface area contributed by atoms with E-state index < -0.39 is 10.0 Å². The minimum atomic E-state index is -3.64. The van der Waals surface area contributed by atoms with Crippen molar-refractivity contribution in [1.29, 1.82) is 5.26 Å². The number of nitriles is 1. The van der Waals surface area contributed by atoms with Crippen LogP contribution in [0.25, 0.3) is 0 Å². The van der Waals surface area contributed by atoms with Gasteiger partial charge in [-0.15, -0.1) is 12.4 Å². The lowest BCUT2D eigenvalue weighted by atomic mass is 10.1. The first-order valence-corrected chi connectivity index (χ1v) is 9.88. The van der Waals surface area contributed by atoms with E-state index in [0.29, 0.717) is 37.3 Å². The number of hydrogen-bond donors (Lipinski definition) is 1. The summed E-state index contributed by atoms with van der Waals surface area (Å²) in [6.07, 6.45) is 1.56. The van der Waals surface area contributed by atoms with Crippen LogP contribution in [0.5, 0.6) is 0 Å². The van der Waals surface area contributed by atoms with Crippen LogP contribution in [0, 0.1) is 18.3 Å². The fourth-order valence-corrected chi connectivity index (χ4v) is 5.27. The Kier molecular flexibility index (Phi) is 6.64. The lowest BCUT2D eigenvalue weighted by Crippen LogP contribution is -2.57. The first kappa shape index (κ1) is 20.6. The van der Waals surface area contributed by atoms with Crippen molar-refractivity contribution in [3.05, 3.63) is 29.3 Å². The molecule has 0 spiro atoms. The van der Waals surface area contributed by atoms with Gasteiger partial charge in [0.25, 0.3) is 0 Å². The number of rotatable bonds is 3. The minimum absolute atomic E-state index is 0. The summed E-state index contributed by atoms with van der Waals surface area (Å²) in [5.41, 5.74) is 1.01. The predicted octanol–water partition coefficient (Wildman–Crippen LogP) is 0.873. The molecule has 2 heterocycles. The fourth-order valence-electron chi connectivity index (χ4n) is 3.55. The zero-order chi connectivity index (χ0) is 18.0. The van der Waals surface area contributed by atoms with E-state index >= 15 is 0 Å². The van der Waals surface area contributed by atoms with Crippen LogP contribution in [0.4, 0.5) is 0 Å². The summed E-state index contributed by atoms with van der Waals surface area (Å²) < 4.78 is 27.6. The number of piperazine rings is 1. The summed E-state index contributed by atoms with van der Waals surface area (Å²) in [5, 5.41) is 12.0. The molecular formula is C17H23ClN4O3S. The Morgan fingerprint density at radius 1 is 1.31 bits per heavy atom. The van der Waals surface area contributed by atoms with Gasteiger partial charge in [0.1, 0.15) is 0 Å². The quantitative estimate of drug-likeness (QED) is 0.815. The van der Waals surface area contributed by atoms with E-state index in [-0.39, 0.29) is 29.3 Å². The largest absolute Gasteiger partial charge is 0.336 e. The normalized spacial score (nSPS) is 21.8. The molecular weight excluding hydrogens is 376 g/mol. The Hall–Kier alpha value is -1.66. The molecule has 3 rings (SSSR count). The number of hydrogen-bond acceptors (Lipinski definition) is 5. The van der Waals surface area contributed by atoms with Gasteiger partial charge in [-0.2, -0.15) is 9.57 Å². The van der Waals surface area contributed by atoms with Gasteiger partial charge < -0.3 is 10.2 Å². The monoisotopic (exact) mass is 398 g/mol. The van der Waals surface area contributed by atoms with Crippen LogP contribution in [-0.4, -0.2) is 62.3 Å². The molecule has 0 saturated carbocycles. The first-order valence-electron chi connectivity index (χ1n) is 8.44. The maximum absolute atomic E-state index is 13.0. The molecule has 0 radical (unpaired) electrons. The zero-order valence-electron chi connectivity index (χ0n) is 14.6. The lowest BCUT2D eigenvalue weighted by Gasteiger charge is -2.40. The topological polar surface area (TPSA) is 93.5 Å². The standard InChI is InChI=1S/C17H22N4O3S.ClH/c1-13-9-14(10-18)4-5-16(13)25(23,24)20-7-2-3-15(12-20)21-8-6-19-11-17(21)22;/h4-5,9,15,19H,2-3,6-8,11-12H2,1H3;1H. The Labute approximate surface area is 160 Å². The second kappa shape index (κ2) is 8.35. The van der Waals surface area contributed by atoms with E-state index in [1.165, 1.54) is 16.4 Å². The summed E-state index contributed by atoms with van der Waals surface area (Å²) in [4.78, 5) is 14.2. The summed E-state index contributed by atoms with van der Waals surface area (Å²) in [7, 11) is -3.64. The second-order valence-corrected chi connectivity index (χ2v) is 8.42. The summed E-state index contributed by atoms with van der Waals surface area (Å²) >= 11 is 0. The van der Waals surface area contributed by atoms with E-state index in [2.05, 4.69) is 5.32 Å². The maximum atomic E-state index is 13.0. The third-order valence-corrected chi connectivity index (χ3v) is 6.87. The Morgan fingerprint density at radius 2 is 2.08 bits per heavy atom. The van der Waals surface area contributed by atoms with Crippen LogP contribution < -0.4 is 5.32 Å². The van der Waals surface area contributed by atoms with Crippen molar-refractivity contribution in [2.75, 3.05) is 32.7 Å². The van der Waals surface area contributed by atoms with Crippen molar-refractivity contribution in [1.82, 2.24) is 14.5 Å². The molecule has 0 bridgehead atoms. The molecule has 142 valence electrons. The Morgan fingerprint density at radius 3 is 2.73 bits per heavy atom. The van der Waals surface area contributed by atoms with E-state index in [0.717, 1.165) is 19.4 Å². The van der Waals surface area contributed by atoms with E-state index in [4.69, 9.17) is 5.26 Å². The fraction of sp³-hybridized carbons (Fsp3) is 0.529. The van der Waals surface area contributed by atoms with Gasteiger partial charge in [-0.3, -0.25) is 4.79 Å². The molecule has 9 heteroatoms. The van der Waals surface area contributed by atoms with Gasteiger partial charge in [0.05, 0.1) is 23.1 Å². The zero-order valence-corrected chi connectivity index (χ0v) is 16.3. The highest BCUT2D eigenvalue weighted by Gasteiger charge is 2.35. The molecule has 1 atom stereocenters. The number of aryl methyl sites for hydroxylation is 1. The van der Waals surface area contributed by atoms with Crippen LogP contribution in [0.15, 0.2) is 23.1 Å². The van der Waals surface area contributed by atoms with Crippen LogP contribution in [0.1, 0.15) is 24.0 Å². The third kappa shape index (κ3) is 4.01. The van der Waals surface area contributed by atoms with Crippen LogP contribution in [0.3, 0.4) is 0 Å². The summed E-state index contributed by atoms with van der Waals surface area (Å²) in [6, 6.07) is 6.57. The van der Waals surface area contributed by atoms with Gasteiger partial charge in [0, 0.05) is 32.2 Å². The number of carbonyl (C=O) groups is 1. The van der Waals surface area contributed by atoms with Gasteiger partial charge in [-0.1, -0.05) is 0 Å². The molecule has 1 aromatic carbocycles. The van der Waals surface area contributed by atoms with Crippen molar-refractivity contribution < 1.29 is 13.2 Å². The second-order valence-electron chi connectivity index (χ2n) is 6.52. The van der Waals surface area contributed by atoms with Gasteiger partial charge in [-0.25, -0.2) is 8.42 Å². The van der Waals surface area contributed by atoms with Gasteiger partial charge >= 0.3 is 0 Å². The molecule has 1 aromatic rings. The predicted molar refractivity (Wildman–Crippen MR) is 99.5 cm³/mol. The molecule has 1 N–H and O–H groups in total. The Bertz CT molecular complexity index is 822. The van der Waals surface area contributed by atoms with Gasteiger partial charge in [0.2, 0.25) is 15.9 Å². The van der Waals surface area contributed by atoms with Crippen LogP contribution >= 0.6 is 12.4 Å². The molecule has 1 amide bonds. The summed E-state index contributed by atoms with van der Waals surface area (Å²) in [5.74, 6) is 0.0325. The van der Waals surface area contributed by atoms with Crippen molar-refractivity contribution in [3.8, 4) is 6.07 Å². The van der Waals surface area contributed by atoms with Crippen molar-refractivity contribution >= 4 is 28.3 Å². The van der Waals surface area contributed by atoms with Crippen molar-refractivity contribution in [2.45, 2.75) is 30.7 Å². The van der Waals surface area contributed by atoms with E-state index in [1.54, 1.807) is 13.0 Å². The van der Waals surface area contributed by atoms with E-state index in [9.17, 15) is 13.2 Å². The molecule has 0 aromatic heterocycles. The SMILES string of the molecule is Cc1cc(C#N)ccc1S(=O)(=O)N1CCCC(N2CCNCC2=O)C1.Cl. The number of carbonyl (C=O) groups excluding carboxylic acids is 1. The van der Waals surface area contributed by atoms with Crippen LogP contribution in [0.2, 0.25) is 0 Å². The average Bonchev–Trinajstić information content (AvgIpc) is 2.62. The number of halogens is 1. The number of amides is 1. The van der Waals surface area contributed by atoms with Crippen molar-refractivity contribution in [2.24, 2.45) is 0 Å². The highest BCUT2D eigenvalue weighted by atomic mass is 35.5. The summed E-state index contributed by atoms with van der Waals surface area (Å²) in [6.45, 7) is 4.16. The molecule has 1 unspecified atom stereocenters. The molecule has 7 nitrogen and oxygen atoms in total. The third-order valence-electron chi connectivity index (χ3n) is 4.85. The highest BCUT2D eigenvalue weighted by Crippen LogP contribution is 2.26. The molecule has 2 fully saturated rings. The number of piperidine rings is 1. The molecule has 0 aliphatic carbocycles. The molecule has 2 aliphatic heterocycles. The highest BCUT2D eigenvalue weighted by molar-refractivity contribution is 7.89. The number of benzene rings is 1. The molecule has 2 aliphatic rings. The van der Waals surface area contributed by atoms with Crippen LogP contribution in [-0.2, 0) is 14.8 Å². The Balaban J connectivity index is 0.00000243. The molecule has 26 heavy (non-hydrogen) atoms. The van der Waals surface area contributed by atoms with Gasteiger partial charge in [0.15, 0.2) is 0 Å². The first-order chi connectivity index (χ1) is 11.9. The van der Waals surface area contributed by atoms with E-state index in [1.807, 2.05) is 11.0 Å². The lowest BCUT2D eigenvalue weighted by molar-refractivity contribution is -0.135. The minimum Gasteiger partial charge on any atom is -0.336 e. The van der Waals surface area contributed by atoms with Gasteiger partial charge in [-0.05, 0) is 43.5 Å². The molecule has 2 saturated heterocycles.